The van der Waals surface area contributed by atoms with E-state index in [-0.39, 0.29) is 40.2 Å². The first-order chi connectivity index (χ1) is 32.5. The van der Waals surface area contributed by atoms with Crippen LogP contribution in [0.4, 0.5) is 8.78 Å². The number of aromatic nitrogens is 9. The first kappa shape index (κ1) is 42.8. The molecule has 2 saturated heterocycles. The molecule has 0 radical (unpaired) electrons. The average molecular weight is 941 g/mol. The first-order valence-corrected chi connectivity index (χ1v) is 24.2. The number of imidazole rings is 1. The summed E-state index contributed by atoms with van der Waals surface area (Å²) in [5.41, 5.74) is 3.52. The fraction of sp³-hybridized carbons (Fsp3) is 0.400. The number of aryl methyl sites for hydroxylation is 3. The van der Waals surface area contributed by atoms with E-state index >= 15 is 13.6 Å². The van der Waals surface area contributed by atoms with Gasteiger partial charge in [-0.15, -0.1) is 0 Å². The van der Waals surface area contributed by atoms with Gasteiger partial charge in [-0.2, -0.15) is 22.0 Å². The van der Waals surface area contributed by atoms with Gasteiger partial charge in [0.25, 0.3) is 5.91 Å². The number of rotatable bonds is 7. The number of halogens is 2. The standard InChI is InChI=1S/C50H50F2N10O5S/c1-26-16-33(17-27(2)40(26)51)62-43(59-14-13-58(47(59)65)37-11-10-36-34(41(37)52)22-53-57(36)7)39-29(4)60(23-49(24-68-25-49)42(39)55-62)44(63)38-19-32-18-30(31-12-15-66-48(5,6)21-31)8-9-35(32)61(38)50(20-28(50)3)45-54-46(64)67-56-45/h8-11,13-14,16-19,22,28-29,31H,12,15,20-21,23-25H2,1-7H3,(H,54,56,64)/t28-,29-,31-,50-/m0/s1. The Morgan fingerprint density at radius 3 is 2.35 bits per heavy atom. The highest BCUT2D eigenvalue weighted by Crippen LogP contribution is 2.57. The average Bonchev–Trinajstić information content (AvgIpc) is 3.93. The van der Waals surface area contributed by atoms with Gasteiger partial charge in [-0.1, -0.05) is 18.1 Å². The van der Waals surface area contributed by atoms with Crippen LogP contribution in [0.2, 0.25) is 0 Å². The van der Waals surface area contributed by atoms with E-state index in [0.717, 1.165) is 29.4 Å². The van der Waals surface area contributed by atoms with E-state index in [4.69, 9.17) is 14.4 Å². The zero-order valence-electron chi connectivity index (χ0n) is 38.8. The molecule has 1 amide bonds. The zero-order valence-corrected chi connectivity index (χ0v) is 39.6. The Labute approximate surface area is 392 Å². The van der Waals surface area contributed by atoms with E-state index in [1.54, 1.807) is 72.5 Å². The van der Waals surface area contributed by atoms with Crippen LogP contribution >= 0.6 is 11.8 Å². The highest BCUT2D eigenvalue weighted by Gasteiger charge is 2.60. The molecule has 3 aliphatic heterocycles. The fourth-order valence-electron chi connectivity index (χ4n) is 11.6. The molecule has 4 aliphatic rings. The predicted octanol–water partition coefficient (Wildman–Crippen LogP) is 7.88. The minimum Gasteiger partial charge on any atom is -0.376 e. The maximum Gasteiger partial charge on any atom is 0.438 e. The molecule has 0 bridgehead atoms. The second-order valence-corrected chi connectivity index (χ2v) is 21.1. The smallest absolute Gasteiger partial charge is 0.376 e. The lowest BCUT2D eigenvalue weighted by molar-refractivity contribution is -0.0592. The minimum absolute atomic E-state index is 0.00630. The fourth-order valence-corrected chi connectivity index (χ4v) is 12.7. The largest absolute Gasteiger partial charge is 0.438 e. The molecule has 1 aliphatic carbocycles. The number of thioether (sulfide) groups is 1. The second-order valence-electron chi connectivity index (χ2n) is 20.1. The topological polar surface area (TPSA) is 156 Å². The van der Waals surface area contributed by atoms with E-state index in [9.17, 15) is 9.59 Å². The number of ether oxygens (including phenoxy) is 1. The lowest BCUT2D eigenvalue weighted by Gasteiger charge is -2.49. The summed E-state index contributed by atoms with van der Waals surface area (Å²) in [5, 5.41) is 14.9. The van der Waals surface area contributed by atoms with E-state index < -0.39 is 34.3 Å². The Kier molecular flexibility index (Phi) is 9.27. The molecule has 8 heterocycles. The van der Waals surface area contributed by atoms with Gasteiger partial charge >= 0.3 is 11.4 Å². The quantitative estimate of drug-likeness (QED) is 0.168. The predicted molar refractivity (Wildman–Crippen MR) is 253 cm³/mol. The number of benzene rings is 3. The van der Waals surface area contributed by atoms with E-state index in [1.165, 1.54) is 27.1 Å². The highest BCUT2D eigenvalue weighted by atomic mass is 32.2. The van der Waals surface area contributed by atoms with Crippen LogP contribution < -0.4 is 11.4 Å². The molecular weight excluding hydrogens is 891 g/mol. The van der Waals surface area contributed by atoms with Gasteiger partial charge in [-0.05, 0) is 125 Å². The normalized spacial score (nSPS) is 22.8. The van der Waals surface area contributed by atoms with Gasteiger partial charge in [-0.25, -0.2) is 23.1 Å². The van der Waals surface area contributed by atoms with Crippen LogP contribution in [0.3, 0.4) is 0 Å². The number of carbonyl (C=O) groups excluding carboxylic acids is 1. The summed E-state index contributed by atoms with van der Waals surface area (Å²) in [6.07, 6.45) is 6.90. The van der Waals surface area contributed by atoms with Gasteiger partial charge < -0.3 is 14.2 Å². The molecule has 18 heteroatoms. The molecule has 0 unspecified atom stereocenters. The molecule has 68 heavy (non-hydrogen) atoms. The highest BCUT2D eigenvalue weighted by molar-refractivity contribution is 8.00. The molecular formula is C50H50F2N10O5S. The minimum atomic E-state index is -0.867. The van der Waals surface area contributed by atoms with Crippen LogP contribution in [0.15, 0.2) is 81.2 Å². The molecule has 5 aromatic heterocycles. The molecule has 3 fully saturated rings. The molecule has 1 N–H and O–H groups in total. The number of H-pyrrole nitrogens is 1. The summed E-state index contributed by atoms with van der Waals surface area (Å²) in [4.78, 5) is 48.1. The molecule has 1 spiro atoms. The zero-order chi connectivity index (χ0) is 47.3. The third kappa shape index (κ3) is 6.11. The Hall–Kier alpha value is -6.53. The molecule has 15 nitrogen and oxygen atoms in total. The number of hydrogen-bond donors (Lipinski definition) is 1. The molecule has 350 valence electrons. The van der Waals surface area contributed by atoms with Crippen molar-refractivity contribution in [3.05, 3.63) is 139 Å². The Morgan fingerprint density at radius 1 is 0.941 bits per heavy atom. The summed E-state index contributed by atoms with van der Waals surface area (Å²) in [7, 11) is 1.73. The first-order valence-electron chi connectivity index (χ1n) is 23.1. The maximum atomic E-state index is 16.3. The molecule has 1 saturated carbocycles. The Bertz CT molecular complexity index is 3530. The number of amides is 1. The Balaban J connectivity index is 1.04. The number of carbonyl (C=O) groups is 1. The lowest BCUT2D eigenvalue weighted by atomic mass is 9.79. The van der Waals surface area contributed by atoms with Crippen molar-refractivity contribution >= 4 is 39.5 Å². The number of nitrogens with one attached hydrogen (secondary N) is 1. The molecule has 3 aromatic carbocycles. The van der Waals surface area contributed by atoms with Crippen molar-refractivity contribution in [1.82, 2.24) is 48.3 Å². The van der Waals surface area contributed by atoms with Crippen molar-refractivity contribution in [1.29, 1.82) is 0 Å². The van der Waals surface area contributed by atoms with Gasteiger partial charge in [0.1, 0.15) is 22.9 Å². The summed E-state index contributed by atoms with van der Waals surface area (Å²) in [6.45, 7) is 12.6. The summed E-state index contributed by atoms with van der Waals surface area (Å²) >= 11 is 1.75. The van der Waals surface area contributed by atoms with Crippen LogP contribution in [0.5, 0.6) is 0 Å². The van der Waals surface area contributed by atoms with Crippen LogP contribution in [-0.4, -0.2) is 84.5 Å². The molecule has 12 rings (SSSR count). The van der Waals surface area contributed by atoms with Crippen LogP contribution in [0.25, 0.3) is 39.0 Å². The van der Waals surface area contributed by atoms with Crippen LogP contribution in [-0.2, 0) is 22.7 Å². The van der Waals surface area contributed by atoms with E-state index in [1.807, 2.05) is 17.9 Å². The van der Waals surface area contributed by atoms with Crippen molar-refractivity contribution in [2.75, 3.05) is 24.7 Å². The monoisotopic (exact) mass is 940 g/mol. The summed E-state index contributed by atoms with van der Waals surface area (Å²) < 4.78 is 50.8. The van der Waals surface area contributed by atoms with Gasteiger partial charge in [0.15, 0.2) is 11.6 Å². The van der Waals surface area contributed by atoms with Crippen molar-refractivity contribution < 1.29 is 22.8 Å². The third-order valence-corrected chi connectivity index (χ3v) is 16.8. The number of fused-ring (bicyclic) bond motifs is 4. The van der Waals surface area contributed by atoms with E-state index in [0.29, 0.717) is 76.3 Å². The van der Waals surface area contributed by atoms with Crippen molar-refractivity contribution in [2.24, 2.45) is 13.0 Å². The lowest BCUT2D eigenvalue weighted by Crippen LogP contribution is -2.56. The summed E-state index contributed by atoms with van der Waals surface area (Å²) in [6, 6.07) is 14.4. The van der Waals surface area contributed by atoms with Gasteiger partial charge in [0.05, 0.1) is 51.2 Å². The van der Waals surface area contributed by atoms with Gasteiger partial charge in [0, 0.05) is 60.6 Å². The van der Waals surface area contributed by atoms with Gasteiger partial charge in [-0.3, -0.25) is 28.1 Å². The molecule has 4 atom stereocenters. The van der Waals surface area contributed by atoms with Crippen LogP contribution in [0, 0.1) is 31.4 Å². The van der Waals surface area contributed by atoms with Crippen LogP contribution in [0.1, 0.15) is 103 Å². The van der Waals surface area contributed by atoms with Gasteiger partial charge in [0.2, 0.25) is 0 Å². The molecule has 8 aromatic rings. The van der Waals surface area contributed by atoms with Crippen molar-refractivity contribution in [2.45, 2.75) is 89.3 Å². The number of hydrogen-bond acceptors (Lipinski definition) is 9. The number of aromatic amines is 1. The van der Waals surface area contributed by atoms with E-state index in [2.05, 4.69) is 58.8 Å². The van der Waals surface area contributed by atoms with Crippen molar-refractivity contribution in [3.63, 3.8) is 0 Å². The third-order valence-electron chi connectivity index (χ3n) is 15.3. The summed E-state index contributed by atoms with van der Waals surface area (Å²) in [5.74, 6) is 0.461. The Morgan fingerprint density at radius 2 is 1.68 bits per heavy atom. The second kappa shape index (κ2) is 14.7. The van der Waals surface area contributed by atoms with Crippen molar-refractivity contribution in [3.8, 4) is 17.2 Å². The SMILES string of the molecule is Cc1cc(-n2nc3c(c2-n2ccn(-c4ccc5c(cnn5C)c4F)c2=O)[C@H](C)N(C(=O)c2cc4cc([C@H]5CCOC(C)(C)C5)ccc4n2[C@@]2(c4noc(=O)[nH]4)C[C@@H]2C)CC32CSC2)cc(C)c1F. The maximum absolute atomic E-state index is 16.3. The number of nitrogens with zero attached hydrogens (tertiary/aromatic N) is 9.